The molecule has 1 atom stereocenters. The third kappa shape index (κ3) is 19.3. The highest BCUT2D eigenvalue weighted by Crippen LogP contribution is 2.17. The Balaban J connectivity index is 1.56. The van der Waals surface area contributed by atoms with Crippen LogP contribution < -0.4 is 33.2 Å². The van der Waals surface area contributed by atoms with Gasteiger partial charge in [-0.05, 0) is 37.8 Å². The number of anilines is 2. The van der Waals surface area contributed by atoms with Gasteiger partial charge in [0.25, 0.3) is 0 Å². The number of esters is 1. The number of ether oxygens (including phenoxy) is 3. The Hall–Kier alpha value is -4.04. The van der Waals surface area contributed by atoms with Gasteiger partial charge in [-0.1, -0.05) is 23.5 Å². The topological polar surface area (TPSA) is 252 Å². The zero-order chi connectivity index (χ0) is 34.1. The predicted molar refractivity (Wildman–Crippen MR) is 184 cm³/mol. The van der Waals surface area contributed by atoms with E-state index >= 15 is 0 Å². The molecule has 19 heteroatoms. The summed E-state index contributed by atoms with van der Waals surface area (Å²) in [7, 11) is 3.19. The molecule has 2 heterocycles. The van der Waals surface area contributed by atoms with E-state index in [1.54, 1.807) is 38.7 Å². The second-order valence-electron chi connectivity index (χ2n) is 9.36. The number of carbonyl (C=O) groups excluding carboxylic acids is 2. The van der Waals surface area contributed by atoms with Crippen molar-refractivity contribution in [3.63, 3.8) is 0 Å². The Labute approximate surface area is 282 Å². The van der Waals surface area contributed by atoms with Crippen molar-refractivity contribution in [2.75, 3.05) is 69.2 Å². The summed E-state index contributed by atoms with van der Waals surface area (Å²) in [6, 6.07) is 3.39. The van der Waals surface area contributed by atoms with Crippen molar-refractivity contribution in [1.29, 1.82) is 0 Å². The SMILES string of the molecule is COCCN=C(N)Nc1ccnc(SCCCCNC(=O)/C=C\C(=O)OC(N)CCCSc2nccc(NC(N)=NCCOC)n2)n1. The molecule has 9 N–H and O–H groups in total. The second-order valence-corrected chi connectivity index (χ2v) is 11.5. The first-order valence-electron chi connectivity index (χ1n) is 14.7. The van der Waals surface area contributed by atoms with E-state index in [0.29, 0.717) is 73.4 Å². The van der Waals surface area contributed by atoms with Crippen LogP contribution in [0.4, 0.5) is 11.6 Å². The first kappa shape index (κ1) is 39.1. The molecule has 0 aliphatic carbocycles. The van der Waals surface area contributed by atoms with Gasteiger partial charge in [-0.2, -0.15) is 0 Å². The van der Waals surface area contributed by atoms with Crippen molar-refractivity contribution in [3.8, 4) is 0 Å². The Morgan fingerprint density at radius 1 is 0.872 bits per heavy atom. The standard InChI is InChI=1S/C28H44N12O5S2/c1-43-16-14-33-25(30)37-21-9-12-35-27(39-21)46-18-4-3-11-32-23(41)7-8-24(42)45-20(29)6-5-19-47-28-36-13-10-22(40-28)38-26(31)34-15-17-44-2/h7-10,12-13,20H,3-6,11,14-19,29H2,1-2H3,(H,32,41)(H3,30,33,35,37,39)(H3,31,34,36,38,40)/b8-7-. The lowest BCUT2D eigenvalue weighted by Gasteiger charge is -2.11. The highest BCUT2D eigenvalue weighted by molar-refractivity contribution is 7.99. The molecule has 2 aromatic heterocycles. The predicted octanol–water partition coefficient (Wildman–Crippen LogP) is 0.958. The lowest BCUT2D eigenvalue weighted by atomic mass is 10.3. The average molecular weight is 693 g/mol. The number of hydrogen-bond donors (Lipinski definition) is 6. The fourth-order valence-electron chi connectivity index (χ4n) is 3.32. The average Bonchev–Trinajstić information content (AvgIpc) is 3.04. The van der Waals surface area contributed by atoms with Gasteiger partial charge in [-0.3, -0.25) is 20.5 Å². The number of methoxy groups -OCH3 is 2. The quantitative estimate of drug-likeness (QED) is 0.0147. The third-order valence-electron chi connectivity index (χ3n) is 5.54. The van der Waals surface area contributed by atoms with Crippen LogP contribution in [0.3, 0.4) is 0 Å². The van der Waals surface area contributed by atoms with Crippen LogP contribution in [0.15, 0.2) is 57.0 Å². The smallest absolute Gasteiger partial charge is 0.332 e. The van der Waals surface area contributed by atoms with Crippen molar-refractivity contribution in [2.45, 2.75) is 42.2 Å². The molecule has 0 saturated carbocycles. The highest BCUT2D eigenvalue weighted by Gasteiger charge is 2.09. The number of hydrogen-bond acceptors (Lipinski definition) is 14. The van der Waals surface area contributed by atoms with Gasteiger partial charge in [0.1, 0.15) is 11.6 Å². The van der Waals surface area contributed by atoms with Gasteiger partial charge >= 0.3 is 5.97 Å². The number of unbranched alkanes of at least 4 members (excludes halogenated alkanes) is 1. The Kier molecular flexibility index (Phi) is 20.1. The second kappa shape index (κ2) is 24.2. The maximum atomic E-state index is 12.1. The molecule has 1 amide bonds. The van der Waals surface area contributed by atoms with Crippen molar-refractivity contribution < 1.29 is 23.8 Å². The first-order valence-corrected chi connectivity index (χ1v) is 16.7. The molecule has 2 aromatic rings. The van der Waals surface area contributed by atoms with Crippen molar-refractivity contribution in [1.82, 2.24) is 25.3 Å². The van der Waals surface area contributed by atoms with Gasteiger partial charge < -0.3 is 41.6 Å². The fourth-order valence-corrected chi connectivity index (χ4v) is 4.94. The summed E-state index contributed by atoms with van der Waals surface area (Å²) in [5.41, 5.74) is 17.6. The summed E-state index contributed by atoms with van der Waals surface area (Å²) in [4.78, 5) is 49.6. The summed E-state index contributed by atoms with van der Waals surface area (Å²) in [5, 5.41) is 9.72. The number of nitrogens with two attached hydrogens (primary N) is 3. The molecule has 0 spiro atoms. The molecular formula is C28H44N12O5S2. The molecule has 47 heavy (non-hydrogen) atoms. The molecule has 1 unspecified atom stereocenters. The lowest BCUT2D eigenvalue weighted by Crippen LogP contribution is -2.27. The van der Waals surface area contributed by atoms with Gasteiger partial charge in [0.2, 0.25) is 5.91 Å². The number of rotatable bonds is 22. The number of aromatic nitrogens is 4. The number of carbonyl (C=O) groups is 2. The van der Waals surface area contributed by atoms with Gasteiger partial charge in [-0.25, -0.2) is 24.7 Å². The molecule has 17 nitrogen and oxygen atoms in total. The molecule has 0 radical (unpaired) electrons. The van der Waals surface area contributed by atoms with Crippen LogP contribution in [0.5, 0.6) is 0 Å². The van der Waals surface area contributed by atoms with E-state index in [0.717, 1.165) is 30.7 Å². The van der Waals surface area contributed by atoms with Crippen molar-refractivity contribution in [2.24, 2.45) is 27.2 Å². The van der Waals surface area contributed by atoms with Crippen molar-refractivity contribution >= 4 is 59.0 Å². The van der Waals surface area contributed by atoms with Crippen LogP contribution in [-0.2, 0) is 23.8 Å². The van der Waals surface area contributed by atoms with E-state index < -0.39 is 18.1 Å². The monoisotopic (exact) mass is 692 g/mol. The molecule has 0 aromatic carbocycles. The fraction of sp³-hybridized carbons (Fsp3) is 0.500. The maximum Gasteiger partial charge on any atom is 0.332 e. The van der Waals surface area contributed by atoms with Crippen LogP contribution in [0.1, 0.15) is 25.7 Å². The van der Waals surface area contributed by atoms with Crippen molar-refractivity contribution in [3.05, 3.63) is 36.7 Å². The summed E-state index contributed by atoms with van der Waals surface area (Å²) in [6.07, 6.45) is 7.27. The maximum absolute atomic E-state index is 12.1. The number of amides is 1. The van der Waals surface area contributed by atoms with E-state index in [-0.39, 0.29) is 11.9 Å². The van der Waals surface area contributed by atoms with Gasteiger partial charge in [0.15, 0.2) is 28.5 Å². The Morgan fingerprint density at radius 2 is 1.43 bits per heavy atom. The van der Waals surface area contributed by atoms with Crippen LogP contribution in [-0.4, -0.2) is 109 Å². The van der Waals surface area contributed by atoms with Crippen LogP contribution in [0, 0.1) is 0 Å². The van der Waals surface area contributed by atoms with Crippen LogP contribution in [0.25, 0.3) is 0 Å². The number of nitrogens with one attached hydrogen (secondary N) is 3. The van der Waals surface area contributed by atoms with Gasteiger partial charge in [0.05, 0.1) is 26.3 Å². The minimum Gasteiger partial charge on any atom is -0.444 e. The van der Waals surface area contributed by atoms with Gasteiger partial charge in [-0.15, -0.1) is 0 Å². The van der Waals surface area contributed by atoms with E-state index in [1.165, 1.54) is 23.5 Å². The molecule has 0 fully saturated rings. The third-order valence-corrected chi connectivity index (χ3v) is 7.43. The molecule has 0 aliphatic heterocycles. The molecule has 2 rings (SSSR count). The van der Waals surface area contributed by atoms with Crippen LogP contribution >= 0.6 is 23.5 Å². The summed E-state index contributed by atoms with van der Waals surface area (Å²) >= 11 is 2.92. The highest BCUT2D eigenvalue weighted by atomic mass is 32.2. The van der Waals surface area contributed by atoms with E-state index in [1.807, 2.05) is 0 Å². The van der Waals surface area contributed by atoms with E-state index in [4.69, 9.17) is 31.4 Å². The Bertz CT molecular complexity index is 1320. The molecule has 0 bridgehead atoms. The number of thioether (sulfide) groups is 2. The zero-order valence-electron chi connectivity index (χ0n) is 26.6. The molecule has 258 valence electrons. The molecule has 0 saturated heterocycles. The number of guanidine groups is 2. The van der Waals surface area contributed by atoms with Gasteiger partial charge in [0, 0.05) is 56.8 Å². The van der Waals surface area contributed by atoms with Crippen LogP contribution in [0.2, 0.25) is 0 Å². The number of nitrogens with zero attached hydrogens (tertiary/aromatic N) is 6. The summed E-state index contributed by atoms with van der Waals surface area (Å²) in [6.45, 7) is 2.28. The molecular weight excluding hydrogens is 649 g/mol. The number of aliphatic imine (C=N–C) groups is 2. The molecule has 0 aliphatic rings. The van der Waals surface area contributed by atoms with E-state index in [2.05, 4.69) is 45.9 Å². The normalized spacial score (nSPS) is 12.6. The lowest BCUT2D eigenvalue weighted by molar-refractivity contribution is -0.143. The van der Waals surface area contributed by atoms with E-state index in [9.17, 15) is 9.59 Å². The summed E-state index contributed by atoms with van der Waals surface area (Å²) in [5.74, 6) is 1.87. The minimum atomic E-state index is -0.808. The zero-order valence-corrected chi connectivity index (χ0v) is 28.2. The largest absolute Gasteiger partial charge is 0.444 e. The Morgan fingerprint density at radius 3 is 1.98 bits per heavy atom. The first-order chi connectivity index (χ1) is 22.8. The minimum absolute atomic E-state index is 0.234. The summed E-state index contributed by atoms with van der Waals surface area (Å²) < 4.78 is 15.0.